The minimum absolute atomic E-state index is 0.888. The van der Waals surface area contributed by atoms with Crippen molar-refractivity contribution in [2.75, 3.05) is 0 Å². The Kier molecular flexibility index (Phi) is 1.29. The second-order valence-electron chi connectivity index (χ2n) is 2.32. The summed E-state index contributed by atoms with van der Waals surface area (Å²) in [6.45, 7) is 3.57. The van der Waals surface area contributed by atoms with Crippen molar-refractivity contribution < 1.29 is 4.42 Å². The van der Waals surface area contributed by atoms with E-state index in [0.717, 1.165) is 16.5 Å². The highest BCUT2D eigenvalue weighted by molar-refractivity contribution is 5.81. The highest BCUT2D eigenvalue weighted by atomic mass is 16.3. The summed E-state index contributed by atoms with van der Waals surface area (Å²) in [4.78, 5) is 0. The number of para-hydroxylation sites is 1. The third-order valence-electron chi connectivity index (χ3n) is 1.67. The van der Waals surface area contributed by atoms with E-state index in [1.165, 1.54) is 0 Å². The summed E-state index contributed by atoms with van der Waals surface area (Å²) >= 11 is 0. The zero-order chi connectivity index (χ0) is 7.68. The van der Waals surface area contributed by atoms with Crippen LogP contribution in [0.15, 0.2) is 41.5 Å². The molecule has 0 saturated carbocycles. The molecule has 0 atom stereocenters. The molecule has 0 saturated heterocycles. The van der Waals surface area contributed by atoms with Gasteiger partial charge in [-0.05, 0) is 12.1 Å². The minimum Gasteiger partial charge on any atom is -0.464 e. The lowest BCUT2D eigenvalue weighted by Gasteiger charge is -1.85. The van der Waals surface area contributed by atoms with Crippen molar-refractivity contribution in [1.29, 1.82) is 0 Å². The standard InChI is InChI=1S/C10H7O/c1-2-8-7-11-10-6-4-3-5-9(8)10/h3-7H,1H2. The summed E-state index contributed by atoms with van der Waals surface area (Å²) in [5.74, 6) is 0. The minimum atomic E-state index is 0.888. The summed E-state index contributed by atoms with van der Waals surface area (Å²) < 4.78 is 5.24. The molecule has 1 aromatic carbocycles. The molecule has 2 rings (SSSR count). The summed E-state index contributed by atoms with van der Waals surface area (Å²) in [6.07, 6.45) is 4.47. The normalized spacial score (nSPS) is 10.2. The van der Waals surface area contributed by atoms with Gasteiger partial charge in [-0.25, -0.2) is 0 Å². The van der Waals surface area contributed by atoms with E-state index < -0.39 is 0 Å². The number of rotatable bonds is 1. The fourth-order valence-electron chi connectivity index (χ4n) is 1.11. The SMILES string of the molecule is C=[C]c1coc2ccccc12. The molecular weight excluding hydrogens is 136 g/mol. The smallest absolute Gasteiger partial charge is 0.134 e. The lowest BCUT2D eigenvalue weighted by atomic mass is 10.2. The van der Waals surface area contributed by atoms with Gasteiger partial charge in [-0.15, -0.1) is 0 Å². The quantitative estimate of drug-likeness (QED) is 0.598. The summed E-state index contributed by atoms with van der Waals surface area (Å²) in [7, 11) is 0. The molecule has 0 spiro atoms. The summed E-state index contributed by atoms with van der Waals surface area (Å²) in [5, 5.41) is 1.07. The largest absolute Gasteiger partial charge is 0.464 e. The van der Waals surface area contributed by atoms with E-state index in [0.29, 0.717) is 0 Å². The monoisotopic (exact) mass is 143 g/mol. The average Bonchev–Trinajstić information content (AvgIpc) is 2.47. The topological polar surface area (TPSA) is 13.1 Å². The van der Waals surface area contributed by atoms with Crippen molar-refractivity contribution in [2.45, 2.75) is 0 Å². The second kappa shape index (κ2) is 2.27. The van der Waals surface area contributed by atoms with E-state index in [1.807, 2.05) is 24.3 Å². The Labute approximate surface area is 64.9 Å². The number of furan rings is 1. The molecule has 0 unspecified atom stereocenters. The van der Waals surface area contributed by atoms with Crippen LogP contribution in [0.25, 0.3) is 11.0 Å². The first kappa shape index (κ1) is 6.23. The van der Waals surface area contributed by atoms with Crippen molar-refractivity contribution in [2.24, 2.45) is 0 Å². The van der Waals surface area contributed by atoms with Crippen LogP contribution in [-0.2, 0) is 0 Å². The van der Waals surface area contributed by atoms with Gasteiger partial charge in [0.05, 0.1) is 6.26 Å². The van der Waals surface area contributed by atoms with E-state index in [1.54, 1.807) is 6.26 Å². The van der Waals surface area contributed by atoms with Gasteiger partial charge in [-0.1, -0.05) is 24.8 Å². The Morgan fingerprint density at radius 1 is 1.27 bits per heavy atom. The molecule has 53 valence electrons. The predicted octanol–water partition coefficient (Wildman–Crippen LogP) is 2.77. The molecule has 1 aromatic heterocycles. The molecule has 0 aliphatic heterocycles. The zero-order valence-electron chi connectivity index (χ0n) is 6.00. The van der Waals surface area contributed by atoms with Crippen molar-refractivity contribution in [3.63, 3.8) is 0 Å². The maximum Gasteiger partial charge on any atom is 0.134 e. The van der Waals surface area contributed by atoms with Crippen molar-refractivity contribution in [3.05, 3.63) is 48.7 Å². The van der Waals surface area contributed by atoms with Crippen LogP contribution in [0.2, 0.25) is 0 Å². The zero-order valence-corrected chi connectivity index (χ0v) is 6.00. The van der Waals surface area contributed by atoms with Gasteiger partial charge in [0, 0.05) is 10.9 Å². The van der Waals surface area contributed by atoms with E-state index in [2.05, 4.69) is 12.7 Å². The molecule has 0 fully saturated rings. The molecule has 11 heavy (non-hydrogen) atoms. The van der Waals surface area contributed by atoms with Crippen LogP contribution < -0.4 is 0 Å². The van der Waals surface area contributed by atoms with Gasteiger partial charge in [0.2, 0.25) is 0 Å². The molecule has 2 aromatic rings. The van der Waals surface area contributed by atoms with E-state index >= 15 is 0 Å². The lowest BCUT2D eigenvalue weighted by Crippen LogP contribution is -1.66. The van der Waals surface area contributed by atoms with Gasteiger partial charge in [0.1, 0.15) is 5.58 Å². The van der Waals surface area contributed by atoms with Gasteiger partial charge in [0.15, 0.2) is 0 Å². The first-order valence-corrected chi connectivity index (χ1v) is 3.41. The maximum atomic E-state index is 5.24. The first-order valence-electron chi connectivity index (χ1n) is 3.41. The van der Waals surface area contributed by atoms with Crippen molar-refractivity contribution >= 4 is 11.0 Å². The molecule has 0 aliphatic rings. The van der Waals surface area contributed by atoms with E-state index in [4.69, 9.17) is 4.42 Å². The lowest BCUT2D eigenvalue weighted by molar-refractivity contribution is 0.614. The van der Waals surface area contributed by atoms with Crippen LogP contribution in [0.4, 0.5) is 0 Å². The number of fused-ring (bicyclic) bond motifs is 1. The first-order chi connectivity index (χ1) is 5.42. The number of hydrogen-bond acceptors (Lipinski definition) is 1. The van der Waals surface area contributed by atoms with Crippen LogP contribution in [0, 0.1) is 6.08 Å². The Morgan fingerprint density at radius 3 is 2.91 bits per heavy atom. The Hall–Kier alpha value is -1.50. The van der Waals surface area contributed by atoms with Crippen LogP contribution in [0.5, 0.6) is 0 Å². The maximum absolute atomic E-state index is 5.24. The van der Waals surface area contributed by atoms with Crippen LogP contribution in [0.3, 0.4) is 0 Å². The van der Waals surface area contributed by atoms with Gasteiger partial charge < -0.3 is 4.42 Å². The fourth-order valence-corrected chi connectivity index (χ4v) is 1.11. The summed E-state index contributed by atoms with van der Waals surface area (Å²) in [6, 6.07) is 7.83. The van der Waals surface area contributed by atoms with Gasteiger partial charge >= 0.3 is 0 Å². The van der Waals surface area contributed by atoms with Crippen LogP contribution in [0.1, 0.15) is 5.56 Å². The molecule has 0 bridgehead atoms. The third kappa shape index (κ3) is 0.855. The summed E-state index contributed by atoms with van der Waals surface area (Å²) in [5.41, 5.74) is 1.82. The fraction of sp³-hybridized carbons (Fsp3) is 0. The van der Waals surface area contributed by atoms with Crippen molar-refractivity contribution in [1.82, 2.24) is 0 Å². The Balaban J connectivity index is 2.86. The molecule has 1 radical (unpaired) electrons. The van der Waals surface area contributed by atoms with Gasteiger partial charge in [-0.3, -0.25) is 0 Å². The van der Waals surface area contributed by atoms with Gasteiger partial charge in [0.25, 0.3) is 0 Å². The number of benzene rings is 1. The van der Waals surface area contributed by atoms with Crippen LogP contribution in [-0.4, -0.2) is 0 Å². The molecule has 1 heterocycles. The second-order valence-corrected chi connectivity index (χ2v) is 2.32. The molecular formula is C10H7O. The van der Waals surface area contributed by atoms with E-state index in [-0.39, 0.29) is 0 Å². The third-order valence-corrected chi connectivity index (χ3v) is 1.67. The molecule has 0 aliphatic carbocycles. The average molecular weight is 143 g/mol. The number of hydrogen-bond donors (Lipinski definition) is 0. The van der Waals surface area contributed by atoms with Gasteiger partial charge in [-0.2, -0.15) is 0 Å². The molecule has 1 nitrogen and oxygen atoms in total. The Bertz CT molecular complexity index is 384. The molecule has 0 amide bonds. The highest BCUT2D eigenvalue weighted by Gasteiger charge is 1.99. The molecule has 1 heteroatoms. The predicted molar refractivity (Wildman–Crippen MR) is 44.2 cm³/mol. The van der Waals surface area contributed by atoms with Crippen LogP contribution >= 0.6 is 0 Å². The highest BCUT2D eigenvalue weighted by Crippen LogP contribution is 2.19. The van der Waals surface area contributed by atoms with E-state index in [9.17, 15) is 0 Å². The molecule has 0 N–H and O–H groups in total. The van der Waals surface area contributed by atoms with Crippen molar-refractivity contribution in [3.8, 4) is 0 Å². The Morgan fingerprint density at radius 2 is 2.09 bits per heavy atom.